The van der Waals surface area contributed by atoms with Gasteiger partial charge in [-0.25, -0.2) is 0 Å². The molecule has 0 fully saturated rings. The molecule has 3 heteroatoms. The number of rotatable bonds is 4. The van der Waals surface area contributed by atoms with Gasteiger partial charge < -0.3 is 9.47 Å². The minimum atomic E-state index is 0.0945. The Hall–Kier alpha value is -4.86. The Balaban J connectivity index is 1.30. The molecule has 0 atom stereocenters. The number of fused-ring (bicyclic) bond motifs is 6. The van der Waals surface area contributed by atoms with Gasteiger partial charge in [0, 0.05) is 43.3 Å². The number of para-hydroxylation sites is 2. The van der Waals surface area contributed by atoms with Crippen LogP contribution in [0.1, 0.15) is 26.3 Å². The van der Waals surface area contributed by atoms with Crippen molar-refractivity contribution < 1.29 is 0 Å². The number of aromatic nitrogens is 1. The fourth-order valence-corrected chi connectivity index (χ4v) is 7.59. The fraction of sp³-hybridized carbons (Fsp3) is 0.100. The maximum atomic E-state index is 2.40. The predicted molar refractivity (Wildman–Crippen MR) is 187 cm³/mol. The molecular formula is C40H32N2S. The molecule has 0 unspecified atom stereocenters. The van der Waals surface area contributed by atoms with Crippen LogP contribution in [0.4, 0.5) is 17.1 Å². The van der Waals surface area contributed by atoms with Crippen molar-refractivity contribution in [1.82, 2.24) is 4.57 Å². The van der Waals surface area contributed by atoms with Crippen molar-refractivity contribution in [1.29, 1.82) is 0 Å². The molecule has 0 aliphatic carbocycles. The average Bonchev–Trinajstić information content (AvgIpc) is 3.58. The molecule has 6 aromatic carbocycles. The predicted octanol–water partition coefficient (Wildman–Crippen LogP) is 11.9. The van der Waals surface area contributed by atoms with Crippen LogP contribution in [-0.2, 0) is 5.41 Å². The van der Waals surface area contributed by atoms with E-state index in [-0.39, 0.29) is 5.41 Å². The zero-order valence-electron chi connectivity index (χ0n) is 24.6. The van der Waals surface area contributed by atoms with Gasteiger partial charge in [0.25, 0.3) is 0 Å². The second-order valence-corrected chi connectivity index (χ2v) is 13.3. The second-order valence-electron chi connectivity index (χ2n) is 12.3. The highest BCUT2D eigenvalue weighted by Crippen LogP contribution is 2.45. The van der Waals surface area contributed by atoms with Crippen molar-refractivity contribution in [2.24, 2.45) is 0 Å². The first-order valence-corrected chi connectivity index (χ1v) is 15.7. The third-order valence-corrected chi connectivity index (χ3v) is 9.75. The summed E-state index contributed by atoms with van der Waals surface area (Å²) in [5.41, 5.74) is 8.55. The summed E-state index contributed by atoms with van der Waals surface area (Å²) in [5.74, 6) is 0. The Labute approximate surface area is 256 Å². The van der Waals surface area contributed by atoms with Gasteiger partial charge in [-0.2, -0.15) is 0 Å². The van der Waals surface area contributed by atoms with Gasteiger partial charge in [0.1, 0.15) is 0 Å². The van der Waals surface area contributed by atoms with Gasteiger partial charge in [0.15, 0.2) is 0 Å². The van der Waals surface area contributed by atoms with Crippen molar-refractivity contribution in [2.75, 3.05) is 4.90 Å². The summed E-state index contributed by atoms with van der Waals surface area (Å²) in [6.07, 6.45) is 0. The van der Waals surface area contributed by atoms with E-state index in [0.29, 0.717) is 0 Å². The largest absolute Gasteiger partial charge is 0.309 e. The number of hydrogen-bond donors (Lipinski definition) is 0. The summed E-state index contributed by atoms with van der Waals surface area (Å²) in [6, 6.07) is 50.9. The molecule has 0 N–H and O–H groups in total. The molecule has 2 nitrogen and oxygen atoms in total. The number of hydrogen-bond acceptors (Lipinski definition) is 2. The molecule has 0 aliphatic heterocycles. The summed E-state index contributed by atoms with van der Waals surface area (Å²) in [5, 5.41) is 5.20. The summed E-state index contributed by atoms with van der Waals surface area (Å²) in [4.78, 5) is 2.39. The summed E-state index contributed by atoms with van der Waals surface area (Å²) < 4.78 is 5.02. The van der Waals surface area contributed by atoms with Crippen LogP contribution < -0.4 is 4.90 Å². The van der Waals surface area contributed by atoms with E-state index in [1.54, 1.807) is 0 Å². The minimum Gasteiger partial charge on any atom is -0.309 e. The molecule has 0 radical (unpaired) electrons. The molecule has 0 spiro atoms. The maximum Gasteiger partial charge on any atom is 0.0640 e. The van der Waals surface area contributed by atoms with Gasteiger partial charge in [0.05, 0.1) is 21.4 Å². The molecule has 8 aromatic rings. The van der Waals surface area contributed by atoms with Crippen LogP contribution in [0.5, 0.6) is 0 Å². The summed E-state index contributed by atoms with van der Waals surface area (Å²) >= 11 is 1.87. The molecule has 2 aromatic heterocycles. The molecule has 2 heterocycles. The van der Waals surface area contributed by atoms with Crippen LogP contribution in [0, 0.1) is 0 Å². The van der Waals surface area contributed by atoms with Gasteiger partial charge in [-0.05, 0) is 77.7 Å². The van der Waals surface area contributed by atoms with E-state index >= 15 is 0 Å². The summed E-state index contributed by atoms with van der Waals surface area (Å²) in [6.45, 7) is 6.84. The van der Waals surface area contributed by atoms with Crippen LogP contribution in [0.25, 0.3) is 47.7 Å². The van der Waals surface area contributed by atoms with Crippen molar-refractivity contribution in [3.8, 4) is 5.69 Å². The Morgan fingerprint density at radius 3 is 1.98 bits per heavy atom. The highest BCUT2D eigenvalue weighted by Gasteiger charge is 2.20. The lowest BCUT2D eigenvalue weighted by molar-refractivity contribution is 0.591. The van der Waals surface area contributed by atoms with Crippen molar-refractivity contribution >= 4 is 70.4 Å². The smallest absolute Gasteiger partial charge is 0.0640 e. The number of thiophene rings is 1. The monoisotopic (exact) mass is 572 g/mol. The number of anilines is 3. The zero-order chi connectivity index (χ0) is 29.1. The molecule has 0 amide bonds. The van der Waals surface area contributed by atoms with E-state index in [1.807, 2.05) is 11.3 Å². The third-order valence-electron chi connectivity index (χ3n) is 8.54. The van der Waals surface area contributed by atoms with Gasteiger partial charge >= 0.3 is 0 Å². The molecule has 208 valence electrons. The van der Waals surface area contributed by atoms with Crippen LogP contribution in [-0.4, -0.2) is 4.57 Å². The summed E-state index contributed by atoms with van der Waals surface area (Å²) in [7, 11) is 0. The van der Waals surface area contributed by atoms with E-state index < -0.39 is 0 Å². The molecule has 0 saturated heterocycles. The van der Waals surface area contributed by atoms with Gasteiger partial charge in [-0.15, -0.1) is 11.3 Å². The Morgan fingerprint density at radius 2 is 1.19 bits per heavy atom. The second kappa shape index (κ2) is 9.86. The van der Waals surface area contributed by atoms with Crippen LogP contribution in [0.15, 0.2) is 140 Å². The van der Waals surface area contributed by atoms with E-state index in [4.69, 9.17) is 0 Å². The first-order chi connectivity index (χ1) is 21.0. The Morgan fingerprint density at radius 1 is 0.535 bits per heavy atom. The van der Waals surface area contributed by atoms with Crippen LogP contribution in [0.2, 0.25) is 0 Å². The van der Waals surface area contributed by atoms with E-state index in [1.165, 1.54) is 53.2 Å². The highest BCUT2D eigenvalue weighted by molar-refractivity contribution is 7.26. The minimum absolute atomic E-state index is 0.0945. The molecular weight excluding hydrogens is 541 g/mol. The molecule has 43 heavy (non-hydrogen) atoms. The molecule has 0 bridgehead atoms. The standard InChI is InChI=1S/C40H32N2S/c1-40(2,3)27-20-25-36-34(26-27)31-14-7-9-17-35(31)42(36)30-23-21-29(22-24-30)41(28-12-5-4-6-13-28)37-18-11-16-33-32-15-8-10-19-38(32)43-39(33)37/h4-26H,1-3H3. The average molecular weight is 573 g/mol. The SMILES string of the molecule is CC(C)(C)c1ccc2c(c1)c1ccccc1n2-c1ccc(N(c2ccccc2)c2cccc3c2sc2ccccc23)cc1. The first kappa shape index (κ1) is 25.8. The maximum absolute atomic E-state index is 2.40. The van der Waals surface area contributed by atoms with Gasteiger partial charge in [0.2, 0.25) is 0 Å². The lowest BCUT2D eigenvalue weighted by Gasteiger charge is -2.26. The molecule has 0 saturated carbocycles. The number of nitrogens with zero attached hydrogens (tertiary/aromatic N) is 2. The lowest BCUT2D eigenvalue weighted by atomic mass is 9.86. The topological polar surface area (TPSA) is 8.17 Å². The van der Waals surface area contributed by atoms with Gasteiger partial charge in [-0.1, -0.05) is 93.6 Å². The van der Waals surface area contributed by atoms with Crippen LogP contribution >= 0.6 is 11.3 Å². The third kappa shape index (κ3) is 4.23. The normalized spacial score (nSPS) is 12.1. The molecule has 0 aliphatic rings. The van der Waals surface area contributed by atoms with E-state index in [9.17, 15) is 0 Å². The molecule has 8 rings (SSSR count). The Bertz CT molecular complexity index is 2260. The number of benzene rings is 6. The quantitative estimate of drug-likeness (QED) is 0.204. The van der Waals surface area contributed by atoms with Crippen molar-refractivity contribution in [2.45, 2.75) is 26.2 Å². The Kier molecular flexibility index (Phi) is 5.92. The lowest BCUT2D eigenvalue weighted by Crippen LogP contribution is -2.10. The highest BCUT2D eigenvalue weighted by atomic mass is 32.1. The van der Waals surface area contributed by atoms with Crippen LogP contribution in [0.3, 0.4) is 0 Å². The van der Waals surface area contributed by atoms with Gasteiger partial charge in [-0.3, -0.25) is 0 Å². The van der Waals surface area contributed by atoms with Crippen molar-refractivity contribution in [3.05, 3.63) is 145 Å². The first-order valence-electron chi connectivity index (χ1n) is 14.9. The van der Waals surface area contributed by atoms with E-state index in [2.05, 4.69) is 170 Å². The fourth-order valence-electron chi connectivity index (χ4n) is 6.38. The van der Waals surface area contributed by atoms with Crippen molar-refractivity contribution in [3.63, 3.8) is 0 Å². The zero-order valence-corrected chi connectivity index (χ0v) is 25.4. The van der Waals surface area contributed by atoms with E-state index in [0.717, 1.165) is 17.1 Å².